The summed E-state index contributed by atoms with van der Waals surface area (Å²) in [6, 6.07) is 9.06. The quantitative estimate of drug-likeness (QED) is 0.875. The van der Waals surface area contributed by atoms with E-state index in [0.29, 0.717) is 17.9 Å². The van der Waals surface area contributed by atoms with Gasteiger partial charge in [-0.3, -0.25) is 0 Å². The summed E-state index contributed by atoms with van der Waals surface area (Å²) in [5.41, 5.74) is 1.39. The Balaban J connectivity index is 1.43. The van der Waals surface area contributed by atoms with Crippen LogP contribution in [0.3, 0.4) is 0 Å². The van der Waals surface area contributed by atoms with E-state index in [2.05, 4.69) is 23.5 Å². The number of aliphatic hydroxyl groups excluding tert-OH is 1. The van der Waals surface area contributed by atoms with Gasteiger partial charge in [0.1, 0.15) is 5.75 Å². The molecule has 2 aliphatic rings. The molecule has 1 aromatic rings. The minimum absolute atomic E-state index is 0.0829. The summed E-state index contributed by atoms with van der Waals surface area (Å²) in [5.74, 6) is 2.08. The largest absolute Gasteiger partial charge is 0.497 e. The van der Waals surface area contributed by atoms with E-state index in [-0.39, 0.29) is 6.10 Å². The number of nitrogens with one attached hydrogen (secondary N) is 1. The van der Waals surface area contributed by atoms with Crippen LogP contribution in [-0.4, -0.2) is 30.9 Å². The standard InChI is InChI=1S/C18H27NO2/c1-21-17-7-4-6-13(11-17)15-9-16(10-15)19-12-14-5-2-3-8-18(14)20/h4,6-7,11,14-16,18-20H,2-3,5,8-10,12H2,1H3. The van der Waals surface area contributed by atoms with E-state index in [1.54, 1.807) is 7.11 Å². The summed E-state index contributed by atoms with van der Waals surface area (Å²) in [6.45, 7) is 0.983. The third-order valence-corrected chi connectivity index (χ3v) is 5.24. The van der Waals surface area contributed by atoms with Gasteiger partial charge in [-0.1, -0.05) is 25.0 Å². The van der Waals surface area contributed by atoms with Gasteiger partial charge in [-0.25, -0.2) is 0 Å². The first kappa shape index (κ1) is 14.9. The number of hydrogen-bond acceptors (Lipinski definition) is 3. The molecular formula is C18H27NO2. The number of hydrogen-bond donors (Lipinski definition) is 2. The first-order valence-corrected chi connectivity index (χ1v) is 8.31. The van der Waals surface area contributed by atoms with Crippen LogP contribution in [0.25, 0.3) is 0 Å². The Hall–Kier alpha value is -1.06. The van der Waals surface area contributed by atoms with Crippen molar-refractivity contribution in [2.45, 2.75) is 56.6 Å². The zero-order chi connectivity index (χ0) is 14.7. The lowest BCUT2D eigenvalue weighted by Crippen LogP contribution is -2.44. The van der Waals surface area contributed by atoms with Crippen molar-refractivity contribution in [2.75, 3.05) is 13.7 Å². The molecule has 2 unspecified atom stereocenters. The highest BCUT2D eigenvalue weighted by atomic mass is 16.5. The maximum Gasteiger partial charge on any atom is 0.119 e. The predicted molar refractivity (Wildman–Crippen MR) is 84.7 cm³/mol. The van der Waals surface area contributed by atoms with Gasteiger partial charge in [0, 0.05) is 12.6 Å². The van der Waals surface area contributed by atoms with Gasteiger partial charge < -0.3 is 15.2 Å². The minimum atomic E-state index is -0.0829. The second kappa shape index (κ2) is 6.80. The normalized spacial score (nSPS) is 32.5. The van der Waals surface area contributed by atoms with Gasteiger partial charge in [0.25, 0.3) is 0 Å². The fourth-order valence-electron chi connectivity index (χ4n) is 3.70. The molecule has 2 N–H and O–H groups in total. The summed E-state index contributed by atoms with van der Waals surface area (Å²) in [5, 5.41) is 13.7. The maximum atomic E-state index is 10.0. The van der Waals surface area contributed by atoms with Crippen LogP contribution in [0.1, 0.15) is 50.0 Å². The molecule has 2 saturated carbocycles. The van der Waals surface area contributed by atoms with Crippen LogP contribution in [0.2, 0.25) is 0 Å². The molecular weight excluding hydrogens is 262 g/mol. The average molecular weight is 289 g/mol. The number of ether oxygens (including phenoxy) is 1. The lowest BCUT2D eigenvalue weighted by molar-refractivity contribution is 0.0655. The molecule has 0 spiro atoms. The lowest BCUT2D eigenvalue weighted by atomic mass is 9.75. The minimum Gasteiger partial charge on any atom is -0.497 e. The summed E-state index contributed by atoms with van der Waals surface area (Å²) in [4.78, 5) is 0. The molecule has 1 aromatic carbocycles. The molecule has 0 aromatic heterocycles. The van der Waals surface area contributed by atoms with Crippen molar-refractivity contribution in [1.82, 2.24) is 5.32 Å². The Bertz CT molecular complexity index is 456. The highest BCUT2D eigenvalue weighted by molar-refractivity contribution is 5.32. The van der Waals surface area contributed by atoms with Crippen molar-refractivity contribution in [1.29, 1.82) is 0 Å². The van der Waals surface area contributed by atoms with Crippen LogP contribution < -0.4 is 10.1 Å². The number of aliphatic hydroxyl groups is 1. The lowest BCUT2D eigenvalue weighted by Gasteiger charge is -2.38. The molecule has 0 aliphatic heterocycles. The Morgan fingerprint density at radius 3 is 2.81 bits per heavy atom. The van der Waals surface area contributed by atoms with E-state index in [9.17, 15) is 5.11 Å². The second-order valence-corrected chi connectivity index (χ2v) is 6.66. The average Bonchev–Trinajstić information content (AvgIpc) is 2.47. The van der Waals surface area contributed by atoms with E-state index in [1.165, 1.54) is 37.7 Å². The van der Waals surface area contributed by atoms with Gasteiger partial charge in [-0.2, -0.15) is 0 Å². The van der Waals surface area contributed by atoms with Crippen molar-refractivity contribution in [2.24, 2.45) is 5.92 Å². The first-order chi connectivity index (χ1) is 10.3. The number of benzene rings is 1. The van der Waals surface area contributed by atoms with Crippen molar-refractivity contribution >= 4 is 0 Å². The Kier molecular flexibility index (Phi) is 4.81. The zero-order valence-electron chi connectivity index (χ0n) is 12.9. The van der Waals surface area contributed by atoms with Gasteiger partial charge >= 0.3 is 0 Å². The molecule has 0 saturated heterocycles. The fraction of sp³-hybridized carbons (Fsp3) is 0.667. The Morgan fingerprint density at radius 2 is 2.05 bits per heavy atom. The van der Waals surface area contributed by atoms with Gasteiger partial charge in [0.05, 0.1) is 13.2 Å². The summed E-state index contributed by atoms with van der Waals surface area (Å²) in [6.07, 6.45) is 6.97. The predicted octanol–water partition coefficient (Wildman–Crippen LogP) is 3.08. The number of methoxy groups -OCH3 is 1. The third kappa shape index (κ3) is 3.58. The van der Waals surface area contributed by atoms with Crippen LogP contribution in [0, 0.1) is 5.92 Å². The molecule has 3 heteroatoms. The molecule has 116 valence electrons. The zero-order valence-corrected chi connectivity index (χ0v) is 12.9. The van der Waals surface area contributed by atoms with E-state index >= 15 is 0 Å². The van der Waals surface area contributed by atoms with Crippen molar-refractivity contribution in [3.05, 3.63) is 29.8 Å². The van der Waals surface area contributed by atoms with Crippen LogP contribution >= 0.6 is 0 Å². The fourth-order valence-corrected chi connectivity index (χ4v) is 3.70. The van der Waals surface area contributed by atoms with E-state index in [4.69, 9.17) is 4.74 Å². The molecule has 2 atom stereocenters. The van der Waals surface area contributed by atoms with E-state index < -0.39 is 0 Å². The monoisotopic (exact) mass is 289 g/mol. The maximum absolute atomic E-state index is 10.0. The SMILES string of the molecule is COc1cccc(C2CC(NCC3CCCCC3O)C2)c1. The van der Waals surface area contributed by atoms with Gasteiger partial charge in [0.2, 0.25) is 0 Å². The van der Waals surface area contributed by atoms with Crippen molar-refractivity contribution in [3.63, 3.8) is 0 Å². The van der Waals surface area contributed by atoms with Crippen LogP contribution in [0.4, 0.5) is 0 Å². The Labute approximate surface area is 127 Å². The topological polar surface area (TPSA) is 41.5 Å². The van der Waals surface area contributed by atoms with Crippen LogP contribution in [0.5, 0.6) is 5.75 Å². The summed E-state index contributed by atoms with van der Waals surface area (Å²) in [7, 11) is 1.72. The second-order valence-electron chi connectivity index (χ2n) is 6.66. The van der Waals surface area contributed by atoms with Gasteiger partial charge in [0.15, 0.2) is 0 Å². The van der Waals surface area contributed by atoms with Crippen LogP contribution in [0.15, 0.2) is 24.3 Å². The van der Waals surface area contributed by atoms with E-state index in [1.807, 2.05) is 6.07 Å². The molecule has 0 bridgehead atoms. The molecule has 2 aliphatic carbocycles. The molecule has 0 heterocycles. The summed E-state index contributed by atoms with van der Waals surface area (Å²) < 4.78 is 5.30. The molecule has 3 nitrogen and oxygen atoms in total. The number of rotatable bonds is 5. The van der Waals surface area contributed by atoms with Crippen LogP contribution in [-0.2, 0) is 0 Å². The van der Waals surface area contributed by atoms with Gasteiger partial charge in [-0.15, -0.1) is 0 Å². The Morgan fingerprint density at radius 1 is 1.24 bits per heavy atom. The smallest absolute Gasteiger partial charge is 0.119 e. The molecule has 3 rings (SSSR count). The molecule has 21 heavy (non-hydrogen) atoms. The first-order valence-electron chi connectivity index (χ1n) is 8.31. The highest BCUT2D eigenvalue weighted by Crippen LogP contribution is 2.38. The van der Waals surface area contributed by atoms with Crippen molar-refractivity contribution < 1.29 is 9.84 Å². The van der Waals surface area contributed by atoms with Gasteiger partial charge in [-0.05, 0) is 55.2 Å². The summed E-state index contributed by atoms with van der Waals surface area (Å²) >= 11 is 0. The highest BCUT2D eigenvalue weighted by Gasteiger charge is 2.31. The molecule has 0 radical (unpaired) electrons. The molecule has 0 amide bonds. The molecule has 2 fully saturated rings. The third-order valence-electron chi connectivity index (χ3n) is 5.24. The van der Waals surface area contributed by atoms with Crippen molar-refractivity contribution in [3.8, 4) is 5.75 Å². The van der Waals surface area contributed by atoms with E-state index in [0.717, 1.165) is 18.7 Å².